The molecule has 0 aliphatic heterocycles. The van der Waals surface area contributed by atoms with Gasteiger partial charge >= 0.3 is 0 Å². The van der Waals surface area contributed by atoms with Crippen molar-refractivity contribution in [3.05, 3.63) is 60.2 Å². The Morgan fingerprint density at radius 1 is 1.14 bits per heavy atom. The van der Waals surface area contributed by atoms with Crippen LogP contribution in [0.3, 0.4) is 0 Å². The number of carbonyl (C=O) groups is 1. The Labute approximate surface area is 169 Å². The van der Waals surface area contributed by atoms with Crippen LogP contribution < -0.4 is 14.4 Å². The molecule has 1 atom stereocenters. The molecule has 0 saturated carbocycles. The van der Waals surface area contributed by atoms with E-state index in [1.807, 2.05) is 30.3 Å². The predicted octanol–water partition coefficient (Wildman–Crippen LogP) is 3.09. The molecule has 1 amide bonds. The van der Waals surface area contributed by atoms with Crippen molar-refractivity contribution >= 4 is 21.6 Å². The number of nitrogens with zero attached hydrogens (tertiary/aromatic N) is 1. The van der Waals surface area contributed by atoms with Crippen molar-refractivity contribution in [3.63, 3.8) is 0 Å². The summed E-state index contributed by atoms with van der Waals surface area (Å²) in [6.07, 6.45) is 1.26. The van der Waals surface area contributed by atoms with Crippen molar-refractivity contribution in [3.8, 4) is 5.75 Å². The first kappa shape index (κ1) is 22.6. The first-order valence-electron chi connectivity index (χ1n) is 9.07. The molecule has 2 aromatic carbocycles. The molecule has 0 fully saturated rings. The molecule has 0 saturated heterocycles. The number of hydrogen-bond acceptors (Lipinski definition) is 4. The summed E-state index contributed by atoms with van der Waals surface area (Å²) < 4.78 is 57.1. The number of halogens is 2. The molecule has 158 valence electrons. The topological polar surface area (TPSA) is 75.7 Å². The molecule has 0 heterocycles. The van der Waals surface area contributed by atoms with Crippen LogP contribution in [0.15, 0.2) is 48.5 Å². The van der Waals surface area contributed by atoms with Crippen molar-refractivity contribution in [2.24, 2.45) is 0 Å². The first-order valence-corrected chi connectivity index (χ1v) is 10.9. The van der Waals surface area contributed by atoms with Gasteiger partial charge in [0.15, 0.2) is 11.6 Å². The number of amides is 1. The van der Waals surface area contributed by atoms with Crippen LogP contribution in [0.4, 0.5) is 14.5 Å². The molecule has 29 heavy (non-hydrogen) atoms. The zero-order valence-electron chi connectivity index (χ0n) is 16.3. The molecule has 0 bridgehead atoms. The summed E-state index contributed by atoms with van der Waals surface area (Å²) in [7, 11) is -3.72. The van der Waals surface area contributed by atoms with Crippen molar-refractivity contribution in [2.45, 2.75) is 25.8 Å². The number of ether oxygens (including phenoxy) is 1. The lowest BCUT2D eigenvalue weighted by atomic mass is 10.2. The van der Waals surface area contributed by atoms with E-state index < -0.39 is 21.7 Å². The minimum Gasteiger partial charge on any atom is -0.491 e. The van der Waals surface area contributed by atoms with E-state index in [2.05, 4.69) is 5.32 Å². The maximum Gasteiger partial charge on any atom is 0.232 e. The summed E-state index contributed by atoms with van der Waals surface area (Å²) in [5, 5.41) is 2.78. The smallest absolute Gasteiger partial charge is 0.232 e. The van der Waals surface area contributed by atoms with Gasteiger partial charge in [0.25, 0.3) is 0 Å². The Hall–Kier alpha value is -2.68. The van der Waals surface area contributed by atoms with Crippen LogP contribution in [0.2, 0.25) is 0 Å². The van der Waals surface area contributed by atoms with Gasteiger partial charge in [-0.1, -0.05) is 18.2 Å². The molecule has 2 aromatic rings. The fourth-order valence-electron chi connectivity index (χ4n) is 2.64. The Morgan fingerprint density at radius 3 is 2.45 bits per heavy atom. The van der Waals surface area contributed by atoms with Gasteiger partial charge in [0.1, 0.15) is 12.4 Å². The third kappa shape index (κ3) is 7.34. The van der Waals surface area contributed by atoms with Crippen molar-refractivity contribution in [1.29, 1.82) is 0 Å². The van der Waals surface area contributed by atoms with Crippen LogP contribution in [0, 0.1) is 11.6 Å². The molecule has 1 N–H and O–H groups in total. The Bertz CT molecular complexity index is 923. The number of sulfonamides is 1. The summed E-state index contributed by atoms with van der Waals surface area (Å²) in [6, 6.07) is 11.8. The average molecular weight is 426 g/mol. The van der Waals surface area contributed by atoms with Gasteiger partial charge < -0.3 is 10.1 Å². The second-order valence-electron chi connectivity index (χ2n) is 6.63. The highest BCUT2D eigenvalue weighted by Gasteiger charge is 2.19. The van der Waals surface area contributed by atoms with Gasteiger partial charge in [-0.25, -0.2) is 17.2 Å². The van der Waals surface area contributed by atoms with E-state index in [0.717, 1.165) is 22.7 Å². The summed E-state index contributed by atoms with van der Waals surface area (Å²) in [6.45, 7) is 2.05. The Kier molecular flexibility index (Phi) is 7.95. The third-order valence-corrected chi connectivity index (χ3v) is 5.20. The highest BCUT2D eigenvalue weighted by atomic mass is 32.2. The quantitative estimate of drug-likeness (QED) is 0.634. The second kappa shape index (κ2) is 10.2. The molecule has 0 aliphatic carbocycles. The largest absolute Gasteiger partial charge is 0.491 e. The molecule has 9 heteroatoms. The minimum absolute atomic E-state index is 0.0106. The first-order chi connectivity index (χ1) is 13.7. The van der Waals surface area contributed by atoms with E-state index in [4.69, 9.17) is 4.74 Å². The summed E-state index contributed by atoms with van der Waals surface area (Å²) in [5.74, 6) is -1.76. The number of rotatable bonds is 10. The fraction of sp³-hybridized carbons (Fsp3) is 0.350. The van der Waals surface area contributed by atoms with Crippen molar-refractivity contribution in [1.82, 2.24) is 5.32 Å². The van der Waals surface area contributed by atoms with Crippen LogP contribution in [-0.4, -0.2) is 39.8 Å². The lowest BCUT2D eigenvalue weighted by Crippen LogP contribution is -2.37. The number of anilines is 1. The molecular formula is C20H24F2N2O4S. The lowest BCUT2D eigenvalue weighted by Gasteiger charge is -2.22. The van der Waals surface area contributed by atoms with Gasteiger partial charge in [0.05, 0.1) is 18.0 Å². The van der Waals surface area contributed by atoms with E-state index in [1.165, 1.54) is 6.07 Å². The molecule has 0 aliphatic rings. The second-order valence-corrected chi connectivity index (χ2v) is 8.54. The standard InChI is InChI=1S/C20H24F2N2O4S/c1-15(14-28-17-7-4-3-5-8-17)23-20(25)9-6-12-24(29(2,26)27)16-10-11-18(21)19(22)13-16/h3-5,7-8,10-11,13,15H,6,9,12,14H2,1-2H3,(H,23,25). The number of carbonyl (C=O) groups excluding carboxylic acids is 1. The van der Waals surface area contributed by atoms with Gasteiger partial charge in [-0.3, -0.25) is 9.10 Å². The summed E-state index contributed by atoms with van der Waals surface area (Å²) >= 11 is 0. The van der Waals surface area contributed by atoms with Crippen molar-refractivity contribution < 1.29 is 26.7 Å². The molecular weight excluding hydrogens is 402 g/mol. The zero-order valence-corrected chi connectivity index (χ0v) is 17.1. The maximum absolute atomic E-state index is 13.4. The molecule has 2 rings (SSSR count). The van der Waals surface area contributed by atoms with Crippen LogP contribution in [-0.2, 0) is 14.8 Å². The van der Waals surface area contributed by atoms with Gasteiger partial charge in [-0.2, -0.15) is 0 Å². The highest BCUT2D eigenvalue weighted by Crippen LogP contribution is 2.21. The summed E-state index contributed by atoms with van der Waals surface area (Å²) in [4.78, 5) is 12.1. The Balaban J connectivity index is 1.83. The van der Waals surface area contributed by atoms with Crippen LogP contribution in [0.1, 0.15) is 19.8 Å². The van der Waals surface area contributed by atoms with Gasteiger partial charge in [0, 0.05) is 19.0 Å². The molecule has 1 unspecified atom stereocenters. The number of hydrogen-bond donors (Lipinski definition) is 1. The lowest BCUT2D eigenvalue weighted by molar-refractivity contribution is -0.121. The molecule has 6 nitrogen and oxygen atoms in total. The minimum atomic E-state index is -3.72. The fourth-order valence-corrected chi connectivity index (χ4v) is 3.59. The Morgan fingerprint density at radius 2 is 1.83 bits per heavy atom. The third-order valence-electron chi connectivity index (χ3n) is 4.01. The molecule has 0 spiro atoms. The van der Waals surface area contributed by atoms with E-state index in [1.54, 1.807) is 6.92 Å². The average Bonchev–Trinajstić information content (AvgIpc) is 2.66. The van der Waals surface area contributed by atoms with Crippen molar-refractivity contribution in [2.75, 3.05) is 23.7 Å². The zero-order chi connectivity index (χ0) is 21.4. The van der Waals surface area contributed by atoms with E-state index in [-0.39, 0.29) is 37.0 Å². The van der Waals surface area contributed by atoms with Gasteiger partial charge in [0.2, 0.25) is 15.9 Å². The normalized spacial score (nSPS) is 12.3. The van der Waals surface area contributed by atoms with Crippen LogP contribution in [0.25, 0.3) is 0 Å². The molecule has 0 radical (unpaired) electrons. The van der Waals surface area contributed by atoms with Crippen LogP contribution in [0.5, 0.6) is 5.75 Å². The van der Waals surface area contributed by atoms with Gasteiger partial charge in [-0.15, -0.1) is 0 Å². The predicted molar refractivity (Wildman–Crippen MR) is 107 cm³/mol. The van der Waals surface area contributed by atoms with Gasteiger partial charge in [-0.05, 0) is 37.6 Å². The molecule has 0 aromatic heterocycles. The number of nitrogens with one attached hydrogen (secondary N) is 1. The monoisotopic (exact) mass is 426 g/mol. The summed E-state index contributed by atoms with van der Waals surface area (Å²) in [5.41, 5.74) is 0.0106. The van der Waals surface area contributed by atoms with E-state index >= 15 is 0 Å². The maximum atomic E-state index is 13.4. The number of benzene rings is 2. The van der Waals surface area contributed by atoms with E-state index in [9.17, 15) is 22.0 Å². The van der Waals surface area contributed by atoms with E-state index in [0.29, 0.717) is 12.4 Å². The highest BCUT2D eigenvalue weighted by molar-refractivity contribution is 7.92. The number of para-hydroxylation sites is 1. The SMILES string of the molecule is CC(COc1ccccc1)NC(=O)CCCN(c1ccc(F)c(F)c1)S(C)(=O)=O. The van der Waals surface area contributed by atoms with Crippen LogP contribution >= 0.6 is 0 Å².